The minimum atomic E-state index is -0.720. The zero-order chi connectivity index (χ0) is 23.9. The lowest BCUT2D eigenvalue weighted by Gasteiger charge is -2.34. The number of carbonyl (C=O) groups is 2. The molecule has 2 N–H and O–H groups in total. The fraction of sp³-hybridized carbons (Fsp3) is 0.304. The summed E-state index contributed by atoms with van der Waals surface area (Å²) in [7, 11) is 0. The minimum absolute atomic E-state index is 0.0461. The van der Waals surface area contributed by atoms with Gasteiger partial charge in [0.25, 0.3) is 0 Å². The number of rotatable bonds is 5. The number of amides is 1. The monoisotopic (exact) mass is 490 g/mol. The summed E-state index contributed by atoms with van der Waals surface area (Å²) >= 11 is 12.1. The molecule has 0 saturated heterocycles. The molecule has 1 aliphatic heterocycles. The van der Waals surface area contributed by atoms with Gasteiger partial charge in [-0.1, -0.05) is 29.3 Å². The second-order valence-corrected chi connectivity index (χ2v) is 8.79. The lowest BCUT2D eigenvalue weighted by Crippen LogP contribution is -2.38. The van der Waals surface area contributed by atoms with Gasteiger partial charge in [-0.3, -0.25) is 19.7 Å². The third-order valence-corrected chi connectivity index (χ3v) is 6.67. The van der Waals surface area contributed by atoms with Gasteiger partial charge >= 0.3 is 5.69 Å². The van der Waals surface area contributed by atoms with Crippen LogP contribution in [0.4, 0.5) is 5.69 Å². The van der Waals surface area contributed by atoms with Crippen molar-refractivity contribution in [3.05, 3.63) is 72.9 Å². The van der Waals surface area contributed by atoms with Crippen molar-refractivity contribution in [1.29, 1.82) is 0 Å². The van der Waals surface area contributed by atoms with E-state index < -0.39 is 22.3 Å². The number of hydrogen-bond acceptors (Lipinski definition) is 6. The first-order valence-corrected chi connectivity index (χ1v) is 11.1. The quantitative estimate of drug-likeness (QED) is 0.448. The van der Waals surface area contributed by atoms with E-state index in [-0.39, 0.29) is 42.8 Å². The molecule has 10 heteroatoms. The average molecular weight is 491 g/mol. The Kier molecular flexibility index (Phi) is 6.32. The lowest BCUT2D eigenvalue weighted by molar-refractivity contribution is -0.386. The molecule has 0 radical (unpaired) electrons. The molecule has 0 aromatic heterocycles. The van der Waals surface area contributed by atoms with Crippen molar-refractivity contribution >= 4 is 40.6 Å². The first kappa shape index (κ1) is 23.1. The number of phenols is 1. The number of benzene rings is 2. The molecule has 33 heavy (non-hydrogen) atoms. The summed E-state index contributed by atoms with van der Waals surface area (Å²) in [6.45, 7) is 1.86. The van der Waals surface area contributed by atoms with E-state index in [0.717, 1.165) is 5.56 Å². The summed E-state index contributed by atoms with van der Waals surface area (Å²) in [6.07, 6.45) is 0.553. The molecule has 2 aromatic carbocycles. The van der Waals surface area contributed by atoms with Crippen LogP contribution in [0.1, 0.15) is 49.1 Å². The summed E-state index contributed by atoms with van der Waals surface area (Å²) in [5.74, 6) is -1.99. The first-order chi connectivity index (χ1) is 15.7. The number of nitrogens with zero attached hydrogens (tertiary/aromatic N) is 1. The van der Waals surface area contributed by atoms with E-state index in [2.05, 4.69) is 5.32 Å². The molecule has 0 fully saturated rings. The molecule has 172 valence electrons. The third-order valence-electron chi connectivity index (χ3n) is 5.93. The number of halogens is 2. The zero-order valence-electron chi connectivity index (χ0n) is 17.6. The maximum absolute atomic E-state index is 13.3. The number of hydrogen-bond donors (Lipinski definition) is 2. The number of phenolic OH excluding ortho intramolecular Hbond substituents is 1. The van der Waals surface area contributed by atoms with Gasteiger partial charge in [0.2, 0.25) is 11.7 Å². The van der Waals surface area contributed by atoms with Gasteiger partial charge in [-0.25, -0.2) is 0 Å². The normalized spacial score (nSPS) is 20.3. The summed E-state index contributed by atoms with van der Waals surface area (Å²) in [6, 6.07) is 7.84. The molecule has 4 rings (SSSR count). The largest absolute Gasteiger partial charge is 0.500 e. The van der Waals surface area contributed by atoms with Gasteiger partial charge in [0.05, 0.1) is 21.6 Å². The smallest absolute Gasteiger partial charge is 0.314 e. The number of nitro groups is 1. The zero-order valence-corrected chi connectivity index (χ0v) is 19.1. The highest BCUT2D eigenvalue weighted by Gasteiger charge is 2.39. The van der Waals surface area contributed by atoms with E-state index in [1.54, 1.807) is 25.1 Å². The number of Topliss-reactive ketones (excluding diaryl/α,β-unsaturated/α-hetero) is 1. The Morgan fingerprint density at radius 3 is 2.55 bits per heavy atom. The molecule has 0 bridgehead atoms. The van der Waals surface area contributed by atoms with Gasteiger partial charge in [-0.15, -0.1) is 0 Å². The second kappa shape index (κ2) is 9.03. The van der Waals surface area contributed by atoms with Crippen molar-refractivity contribution in [2.45, 2.75) is 38.0 Å². The molecule has 2 aromatic rings. The van der Waals surface area contributed by atoms with Gasteiger partial charge < -0.3 is 15.2 Å². The van der Waals surface area contributed by atoms with Crippen molar-refractivity contribution in [3.8, 4) is 11.5 Å². The molecule has 1 heterocycles. The average Bonchev–Trinajstić information content (AvgIpc) is 2.76. The summed E-state index contributed by atoms with van der Waals surface area (Å²) in [5, 5.41) is 25.3. The van der Waals surface area contributed by atoms with Crippen LogP contribution < -0.4 is 10.1 Å². The standard InChI is InChI=1S/C23H20Cl2N2O6/c1-2-33-20-9-13(7-18(23(20)30)27(31)32)14-10-21(29)26-17-6-12(8-19(28)22(14)17)11-3-4-15(24)16(25)5-11/h3-5,7,9,12,14,30H,2,6,8,10H2,1H3,(H,26,29). The molecular formula is C23H20Cl2N2O6. The van der Waals surface area contributed by atoms with Crippen LogP contribution in [0, 0.1) is 10.1 Å². The number of aromatic hydroxyl groups is 1. The first-order valence-electron chi connectivity index (χ1n) is 10.3. The number of nitrogens with one attached hydrogen (secondary N) is 1. The third kappa shape index (κ3) is 4.41. The number of nitro benzene ring substituents is 1. The van der Waals surface area contributed by atoms with Gasteiger partial charge in [-0.2, -0.15) is 0 Å². The number of ketones is 1. The minimum Gasteiger partial charge on any atom is -0.500 e. The molecule has 2 atom stereocenters. The van der Waals surface area contributed by atoms with E-state index in [1.165, 1.54) is 12.1 Å². The molecule has 8 nitrogen and oxygen atoms in total. The topological polar surface area (TPSA) is 119 Å². The van der Waals surface area contributed by atoms with Crippen molar-refractivity contribution in [3.63, 3.8) is 0 Å². The van der Waals surface area contributed by atoms with Crippen molar-refractivity contribution in [2.24, 2.45) is 0 Å². The summed E-state index contributed by atoms with van der Waals surface area (Å²) in [5.41, 5.74) is 1.58. The fourth-order valence-corrected chi connectivity index (χ4v) is 4.77. The highest BCUT2D eigenvalue weighted by molar-refractivity contribution is 6.42. The predicted molar refractivity (Wildman–Crippen MR) is 122 cm³/mol. The second-order valence-electron chi connectivity index (χ2n) is 7.98. The van der Waals surface area contributed by atoms with Crippen LogP contribution in [0.5, 0.6) is 11.5 Å². The number of allylic oxidation sites excluding steroid dienone is 2. The van der Waals surface area contributed by atoms with Crippen LogP contribution in [-0.4, -0.2) is 28.3 Å². The fourth-order valence-electron chi connectivity index (χ4n) is 4.47. The molecular weight excluding hydrogens is 471 g/mol. The van der Waals surface area contributed by atoms with Crippen molar-refractivity contribution < 1.29 is 24.4 Å². The molecule has 1 amide bonds. The Balaban J connectivity index is 1.77. The molecule has 1 aliphatic carbocycles. The van der Waals surface area contributed by atoms with Crippen LogP contribution in [0.15, 0.2) is 41.6 Å². The van der Waals surface area contributed by atoms with Gasteiger partial charge in [0, 0.05) is 36.1 Å². The Morgan fingerprint density at radius 1 is 1.12 bits per heavy atom. The van der Waals surface area contributed by atoms with Crippen LogP contribution in [-0.2, 0) is 9.59 Å². The summed E-state index contributed by atoms with van der Waals surface area (Å²) in [4.78, 5) is 36.6. The molecule has 0 saturated carbocycles. The van der Waals surface area contributed by atoms with Crippen molar-refractivity contribution in [2.75, 3.05) is 6.61 Å². The lowest BCUT2D eigenvalue weighted by atomic mass is 9.73. The molecule has 2 unspecified atom stereocenters. The predicted octanol–water partition coefficient (Wildman–Crippen LogP) is 5.01. The van der Waals surface area contributed by atoms with Crippen LogP contribution >= 0.6 is 23.2 Å². The Morgan fingerprint density at radius 2 is 1.88 bits per heavy atom. The highest BCUT2D eigenvalue weighted by Crippen LogP contribution is 2.46. The number of ether oxygens (including phenoxy) is 1. The Labute approximate surface area is 199 Å². The maximum atomic E-state index is 13.3. The van der Waals surface area contributed by atoms with Gasteiger partial charge in [0.15, 0.2) is 11.5 Å². The van der Waals surface area contributed by atoms with Gasteiger partial charge in [0.1, 0.15) is 0 Å². The Hall–Kier alpha value is -3.10. The SMILES string of the molecule is CCOc1cc(C2CC(=O)NC3=C2C(=O)CC(c2ccc(Cl)c(Cl)c2)C3)cc([N+](=O)[O-])c1O. The summed E-state index contributed by atoms with van der Waals surface area (Å²) < 4.78 is 5.37. The van der Waals surface area contributed by atoms with E-state index in [1.807, 2.05) is 0 Å². The van der Waals surface area contributed by atoms with E-state index >= 15 is 0 Å². The number of carbonyl (C=O) groups excluding carboxylic acids is 2. The van der Waals surface area contributed by atoms with E-state index in [4.69, 9.17) is 27.9 Å². The highest BCUT2D eigenvalue weighted by atomic mass is 35.5. The molecule has 2 aliphatic rings. The van der Waals surface area contributed by atoms with Crippen LogP contribution in [0.3, 0.4) is 0 Å². The van der Waals surface area contributed by atoms with E-state index in [9.17, 15) is 24.8 Å². The van der Waals surface area contributed by atoms with Gasteiger partial charge in [-0.05, 0) is 48.6 Å². The Bertz CT molecular complexity index is 1210. The van der Waals surface area contributed by atoms with E-state index in [0.29, 0.717) is 33.3 Å². The van der Waals surface area contributed by atoms with Crippen molar-refractivity contribution in [1.82, 2.24) is 5.32 Å². The van der Waals surface area contributed by atoms with Crippen LogP contribution in [0.25, 0.3) is 0 Å². The maximum Gasteiger partial charge on any atom is 0.314 e. The molecule has 0 spiro atoms. The van der Waals surface area contributed by atoms with Crippen LogP contribution in [0.2, 0.25) is 10.0 Å².